The van der Waals surface area contributed by atoms with Crippen molar-refractivity contribution in [3.05, 3.63) is 41.1 Å². The van der Waals surface area contributed by atoms with Gasteiger partial charge in [-0.15, -0.1) is 0 Å². The number of aromatic amines is 1. The van der Waals surface area contributed by atoms with Gasteiger partial charge >= 0.3 is 0 Å². The van der Waals surface area contributed by atoms with Gasteiger partial charge in [-0.2, -0.15) is 5.26 Å². The monoisotopic (exact) mass is 307 g/mol. The van der Waals surface area contributed by atoms with Crippen LogP contribution in [0, 0.1) is 18.3 Å². The second kappa shape index (κ2) is 6.70. The summed E-state index contributed by atoms with van der Waals surface area (Å²) >= 11 is 0. The maximum atomic E-state index is 12.4. The van der Waals surface area contributed by atoms with Crippen molar-refractivity contribution in [3.63, 3.8) is 0 Å². The van der Waals surface area contributed by atoms with Crippen molar-refractivity contribution in [3.8, 4) is 6.07 Å². The second-order valence-corrected chi connectivity index (χ2v) is 6.19. The molecule has 1 aliphatic carbocycles. The molecule has 0 bridgehead atoms. The number of benzene rings is 1. The number of rotatable bonds is 3. The third-order valence-electron chi connectivity index (χ3n) is 4.54. The van der Waals surface area contributed by atoms with E-state index in [0.29, 0.717) is 0 Å². The molecule has 2 N–H and O–H groups in total. The Balaban J connectivity index is 1.87. The molecule has 3 rings (SSSR count). The summed E-state index contributed by atoms with van der Waals surface area (Å²) in [5.41, 5.74) is 3.06. The van der Waals surface area contributed by atoms with Crippen LogP contribution in [0.25, 0.3) is 17.0 Å². The molecule has 0 saturated heterocycles. The van der Waals surface area contributed by atoms with Gasteiger partial charge in [-0.3, -0.25) is 4.79 Å². The molecule has 1 amide bonds. The number of nitrogens with zero attached hydrogens (tertiary/aromatic N) is 1. The molecule has 1 aromatic heterocycles. The number of para-hydroxylation sites is 1. The maximum absolute atomic E-state index is 12.4. The fraction of sp³-hybridized carbons (Fsp3) is 0.368. The zero-order valence-electron chi connectivity index (χ0n) is 13.4. The predicted octanol–water partition coefficient (Wildman–Crippen LogP) is 3.83. The number of hydrogen-bond acceptors (Lipinski definition) is 2. The topological polar surface area (TPSA) is 68.7 Å². The molecule has 1 aromatic carbocycles. The highest BCUT2D eigenvalue weighted by atomic mass is 16.1. The van der Waals surface area contributed by atoms with Gasteiger partial charge in [0.1, 0.15) is 11.6 Å². The van der Waals surface area contributed by atoms with E-state index in [-0.39, 0.29) is 17.5 Å². The fourth-order valence-electron chi connectivity index (χ4n) is 3.29. The number of nitriles is 1. The number of fused-ring (bicyclic) bond motifs is 1. The molecule has 23 heavy (non-hydrogen) atoms. The smallest absolute Gasteiger partial charge is 0.262 e. The van der Waals surface area contributed by atoms with E-state index in [0.717, 1.165) is 47.8 Å². The predicted molar refractivity (Wildman–Crippen MR) is 91.6 cm³/mol. The number of carbonyl (C=O) groups excluding carboxylic acids is 1. The van der Waals surface area contributed by atoms with Crippen LogP contribution < -0.4 is 5.32 Å². The van der Waals surface area contributed by atoms with Gasteiger partial charge in [0.2, 0.25) is 0 Å². The van der Waals surface area contributed by atoms with Crippen molar-refractivity contribution in [1.29, 1.82) is 5.26 Å². The Kier molecular flexibility index (Phi) is 4.47. The standard InChI is InChI=1S/C19H21N3O/c1-13-17(16-9-5-6-10-18(16)21-13)11-14(12-20)19(23)22-15-7-3-2-4-8-15/h5-6,9-11,15,21H,2-4,7-8H2,1H3,(H,22,23)/b14-11+. The number of nitrogens with one attached hydrogen (secondary N) is 2. The van der Waals surface area contributed by atoms with Crippen LogP contribution in [0.5, 0.6) is 0 Å². The average Bonchev–Trinajstić information content (AvgIpc) is 2.88. The first-order valence-corrected chi connectivity index (χ1v) is 8.19. The van der Waals surface area contributed by atoms with Gasteiger partial charge in [0.15, 0.2) is 0 Å². The lowest BCUT2D eigenvalue weighted by atomic mass is 9.95. The van der Waals surface area contributed by atoms with Crippen molar-refractivity contribution < 1.29 is 4.79 Å². The first kappa shape index (κ1) is 15.4. The van der Waals surface area contributed by atoms with E-state index in [4.69, 9.17) is 0 Å². The third kappa shape index (κ3) is 3.29. The van der Waals surface area contributed by atoms with Crippen molar-refractivity contribution in [2.75, 3.05) is 0 Å². The van der Waals surface area contributed by atoms with Gasteiger partial charge in [-0.05, 0) is 31.9 Å². The minimum atomic E-state index is -0.260. The molecule has 4 nitrogen and oxygen atoms in total. The largest absolute Gasteiger partial charge is 0.358 e. The van der Waals surface area contributed by atoms with Crippen LogP contribution in [0.3, 0.4) is 0 Å². The van der Waals surface area contributed by atoms with Gasteiger partial charge in [-0.25, -0.2) is 0 Å². The number of hydrogen-bond donors (Lipinski definition) is 2. The lowest BCUT2D eigenvalue weighted by molar-refractivity contribution is -0.117. The Labute approximate surface area is 136 Å². The lowest BCUT2D eigenvalue weighted by Crippen LogP contribution is -2.36. The summed E-state index contributed by atoms with van der Waals surface area (Å²) in [6.45, 7) is 1.96. The first-order valence-electron chi connectivity index (χ1n) is 8.19. The zero-order chi connectivity index (χ0) is 16.2. The summed E-state index contributed by atoms with van der Waals surface area (Å²) in [4.78, 5) is 15.7. The Morgan fingerprint density at radius 1 is 1.30 bits per heavy atom. The molecule has 0 atom stereocenters. The average molecular weight is 307 g/mol. The van der Waals surface area contributed by atoms with Crippen molar-refractivity contribution in [1.82, 2.24) is 10.3 Å². The highest BCUT2D eigenvalue weighted by molar-refractivity contribution is 6.04. The summed E-state index contributed by atoms with van der Waals surface area (Å²) in [5.74, 6) is -0.260. The van der Waals surface area contributed by atoms with Gasteiger partial charge in [0.05, 0.1) is 0 Å². The van der Waals surface area contributed by atoms with E-state index >= 15 is 0 Å². The molecule has 0 radical (unpaired) electrons. The number of H-pyrrole nitrogens is 1. The van der Waals surface area contributed by atoms with Crippen LogP contribution >= 0.6 is 0 Å². The van der Waals surface area contributed by atoms with Crippen LogP contribution in [0.1, 0.15) is 43.4 Å². The van der Waals surface area contributed by atoms with Gasteiger partial charge < -0.3 is 10.3 Å². The van der Waals surface area contributed by atoms with Crippen molar-refractivity contribution in [2.45, 2.75) is 45.1 Å². The highest BCUT2D eigenvalue weighted by Crippen LogP contribution is 2.24. The maximum Gasteiger partial charge on any atom is 0.262 e. The SMILES string of the molecule is Cc1[nH]c2ccccc2c1/C=C(\C#N)C(=O)NC1CCCCC1. The third-order valence-corrected chi connectivity index (χ3v) is 4.54. The van der Waals surface area contributed by atoms with E-state index in [1.54, 1.807) is 6.08 Å². The lowest BCUT2D eigenvalue weighted by Gasteiger charge is -2.22. The van der Waals surface area contributed by atoms with E-state index in [1.807, 2.05) is 31.2 Å². The van der Waals surface area contributed by atoms with Gasteiger partial charge in [0.25, 0.3) is 5.91 Å². The molecule has 1 aliphatic rings. The van der Waals surface area contributed by atoms with Crippen LogP contribution in [-0.4, -0.2) is 16.9 Å². The molecule has 118 valence electrons. The van der Waals surface area contributed by atoms with E-state index in [9.17, 15) is 10.1 Å². The van der Waals surface area contributed by atoms with E-state index in [2.05, 4.69) is 16.4 Å². The fourth-order valence-corrected chi connectivity index (χ4v) is 3.29. The van der Waals surface area contributed by atoms with Gasteiger partial charge in [-0.1, -0.05) is 37.5 Å². The van der Waals surface area contributed by atoms with Crippen molar-refractivity contribution in [2.24, 2.45) is 0 Å². The molecular formula is C19H21N3O. The number of amides is 1. The molecular weight excluding hydrogens is 286 g/mol. The molecule has 4 heteroatoms. The zero-order valence-corrected chi connectivity index (χ0v) is 13.4. The van der Waals surface area contributed by atoms with Crippen molar-refractivity contribution >= 4 is 22.9 Å². The summed E-state index contributed by atoms with van der Waals surface area (Å²) in [5, 5.41) is 13.4. The summed E-state index contributed by atoms with van der Waals surface area (Å²) in [6.07, 6.45) is 7.26. The van der Waals surface area contributed by atoms with Gasteiger partial charge in [0, 0.05) is 28.2 Å². The molecule has 1 saturated carbocycles. The van der Waals surface area contributed by atoms with E-state index in [1.165, 1.54) is 6.42 Å². The molecule has 1 heterocycles. The number of aryl methyl sites for hydroxylation is 1. The highest BCUT2D eigenvalue weighted by Gasteiger charge is 2.18. The van der Waals surface area contributed by atoms with E-state index < -0.39 is 0 Å². The normalized spacial score (nSPS) is 16.3. The summed E-state index contributed by atoms with van der Waals surface area (Å²) < 4.78 is 0. The van der Waals surface area contributed by atoms with Crippen LogP contribution in [0.15, 0.2) is 29.8 Å². The molecule has 2 aromatic rings. The minimum absolute atomic E-state index is 0.170. The van der Waals surface area contributed by atoms with Crippen LogP contribution in [0.2, 0.25) is 0 Å². The summed E-state index contributed by atoms with van der Waals surface area (Å²) in [6, 6.07) is 10.2. The number of aromatic nitrogens is 1. The number of carbonyl (C=O) groups is 1. The van der Waals surface area contributed by atoms with Crippen LogP contribution in [0.4, 0.5) is 0 Å². The Bertz CT molecular complexity index is 789. The molecule has 0 unspecified atom stereocenters. The Morgan fingerprint density at radius 2 is 2.04 bits per heavy atom. The quantitative estimate of drug-likeness (QED) is 0.668. The molecule has 1 fully saturated rings. The minimum Gasteiger partial charge on any atom is -0.358 e. The second-order valence-electron chi connectivity index (χ2n) is 6.19. The first-order chi connectivity index (χ1) is 11.2. The molecule has 0 aliphatic heterocycles. The summed E-state index contributed by atoms with van der Waals surface area (Å²) in [7, 11) is 0. The Hall–Kier alpha value is -2.54. The molecule has 0 spiro atoms. The Morgan fingerprint density at radius 3 is 2.78 bits per heavy atom. The van der Waals surface area contributed by atoms with Crippen LogP contribution in [-0.2, 0) is 4.79 Å².